The van der Waals surface area contributed by atoms with E-state index in [4.69, 9.17) is 0 Å². The largest absolute Gasteiger partial charge is 0.320 e. The number of hydrogen-bond acceptors (Lipinski definition) is 3. The molecule has 0 amide bonds. The van der Waals surface area contributed by atoms with Crippen molar-refractivity contribution in [3.63, 3.8) is 0 Å². The molecule has 0 saturated carbocycles. The number of nitrogens with zero attached hydrogens (tertiary/aromatic N) is 1. The Morgan fingerprint density at radius 2 is 2.21 bits per heavy atom. The van der Waals surface area contributed by atoms with Gasteiger partial charge in [0.25, 0.3) is 0 Å². The normalized spacial score (nSPS) is 10.4. The summed E-state index contributed by atoms with van der Waals surface area (Å²) in [6.45, 7) is 5.09. The molecule has 0 saturated heterocycles. The molecule has 1 aromatic rings. The average molecular weight is 193 g/mol. The molecule has 0 aromatic carbocycles. The number of aromatic nitrogens is 1. The highest BCUT2D eigenvalue weighted by Crippen LogP contribution is 2.02. The van der Waals surface area contributed by atoms with Gasteiger partial charge < -0.3 is 10.6 Å². The lowest BCUT2D eigenvalue weighted by Gasteiger charge is -2.06. The number of pyridine rings is 1. The molecule has 1 aromatic heterocycles. The molecule has 1 heterocycles. The molecule has 0 fully saturated rings. The van der Waals surface area contributed by atoms with Crippen LogP contribution in [-0.2, 0) is 6.54 Å². The molecule has 3 heteroatoms. The summed E-state index contributed by atoms with van der Waals surface area (Å²) in [6, 6.07) is 4.10. The summed E-state index contributed by atoms with van der Waals surface area (Å²) in [5.74, 6) is 0. The lowest BCUT2D eigenvalue weighted by molar-refractivity contribution is 0.623. The van der Waals surface area contributed by atoms with Gasteiger partial charge in [0.2, 0.25) is 0 Å². The Morgan fingerprint density at radius 3 is 2.93 bits per heavy atom. The van der Waals surface area contributed by atoms with Crippen molar-refractivity contribution in [1.29, 1.82) is 0 Å². The van der Waals surface area contributed by atoms with Crippen molar-refractivity contribution in [1.82, 2.24) is 15.6 Å². The topological polar surface area (TPSA) is 37.0 Å². The van der Waals surface area contributed by atoms with Crippen molar-refractivity contribution in [2.45, 2.75) is 19.9 Å². The Morgan fingerprint density at radius 1 is 1.36 bits per heavy atom. The summed E-state index contributed by atoms with van der Waals surface area (Å²) < 4.78 is 0. The number of aryl methyl sites for hydroxylation is 1. The van der Waals surface area contributed by atoms with E-state index in [2.05, 4.69) is 21.7 Å². The van der Waals surface area contributed by atoms with Crippen LogP contribution in [0.3, 0.4) is 0 Å². The third-order valence-corrected chi connectivity index (χ3v) is 2.21. The lowest BCUT2D eigenvalue weighted by atomic mass is 10.2. The minimum absolute atomic E-state index is 0.920. The summed E-state index contributed by atoms with van der Waals surface area (Å²) in [6.07, 6.45) is 3.00. The fourth-order valence-electron chi connectivity index (χ4n) is 1.32. The fraction of sp³-hybridized carbons (Fsp3) is 0.545. The molecule has 0 bridgehead atoms. The molecular formula is C11H19N3. The molecule has 0 aliphatic carbocycles. The quantitative estimate of drug-likeness (QED) is 0.664. The molecule has 0 radical (unpaired) electrons. The number of rotatable bonds is 6. The van der Waals surface area contributed by atoms with Crippen molar-refractivity contribution >= 4 is 0 Å². The summed E-state index contributed by atoms with van der Waals surface area (Å²) in [7, 11) is 1.98. The van der Waals surface area contributed by atoms with Gasteiger partial charge in [-0.1, -0.05) is 6.07 Å². The zero-order chi connectivity index (χ0) is 10.2. The first-order valence-electron chi connectivity index (χ1n) is 5.10. The fourth-order valence-corrected chi connectivity index (χ4v) is 1.32. The molecule has 2 N–H and O–H groups in total. The van der Waals surface area contributed by atoms with Crippen LogP contribution in [0.1, 0.15) is 17.7 Å². The van der Waals surface area contributed by atoms with Crippen LogP contribution in [0.4, 0.5) is 0 Å². The van der Waals surface area contributed by atoms with Crippen LogP contribution in [0.25, 0.3) is 0 Å². The molecule has 78 valence electrons. The molecule has 1 rings (SSSR count). The molecule has 0 aliphatic heterocycles. The zero-order valence-electron chi connectivity index (χ0n) is 9.01. The Labute approximate surface area is 85.9 Å². The SMILES string of the molecule is CNCCCNCc1cccnc1C. The van der Waals surface area contributed by atoms with Gasteiger partial charge in [0.1, 0.15) is 0 Å². The van der Waals surface area contributed by atoms with E-state index in [0.29, 0.717) is 0 Å². The third kappa shape index (κ3) is 3.85. The van der Waals surface area contributed by atoms with Crippen molar-refractivity contribution in [2.24, 2.45) is 0 Å². The minimum atomic E-state index is 0.920. The Kier molecular flexibility index (Phi) is 5.19. The van der Waals surface area contributed by atoms with Gasteiger partial charge in [-0.3, -0.25) is 4.98 Å². The maximum Gasteiger partial charge on any atom is 0.0417 e. The van der Waals surface area contributed by atoms with Gasteiger partial charge >= 0.3 is 0 Å². The zero-order valence-corrected chi connectivity index (χ0v) is 9.01. The van der Waals surface area contributed by atoms with Crippen LogP contribution in [-0.4, -0.2) is 25.1 Å². The maximum absolute atomic E-state index is 4.24. The highest BCUT2D eigenvalue weighted by Gasteiger charge is 1.96. The number of hydrogen-bond donors (Lipinski definition) is 2. The van der Waals surface area contributed by atoms with Crippen molar-refractivity contribution < 1.29 is 0 Å². The van der Waals surface area contributed by atoms with Gasteiger partial charge in [-0.15, -0.1) is 0 Å². The Bertz CT molecular complexity index is 260. The predicted molar refractivity (Wildman–Crippen MR) is 59.2 cm³/mol. The van der Waals surface area contributed by atoms with E-state index in [0.717, 1.165) is 31.7 Å². The highest BCUT2D eigenvalue weighted by molar-refractivity contribution is 5.17. The van der Waals surface area contributed by atoms with Crippen molar-refractivity contribution in [3.05, 3.63) is 29.6 Å². The van der Waals surface area contributed by atoms with Crippen molar-refractivity contribution in [2.75, 3.05) is 20.1 Å². The van der Waals surface area contributed by atoms with E-state index in [1.807, 2.05) is 26.2 Å². The smallest absolute Gasteiger partial charge is 0.0417 e. The van der Waals surface area contributed by atoms with Crippen molar-refractivity contribution in [3.8, 4) is 0 Å². The molecule has 0 unspecified atom stereocenters. The second-order valence-electron chi connectivity index (χ2n) is 3.38. The lowest BCUT2D eigenvalue weighted by Crippen LogP contribution is -2.19. The minimum Gasteiger partial charge on any atom is -0.320 e. The van der Waals surface area contributed by atoms with E-state index >= 15 is 0 Å². The summed E-state index contributed by atoms with van der Waals surface area (Å²) in [4.78, 5) is 4.24. The standard InChI is InChI=1S/C11H19N3/c1-10-11(5-3-8-14-10)9-13-7-4-6-12-2/h3,5,8,12-13H,4,6-7,9H2,1-2H3. The Balaban J connectivity index is 2.21. The van der Waals surface area contributed by atoms with Gasteiger partial charge in [-0.05, 0) is 45.1 Å². The summed E-state index contributed by atoms with van der Waals surface area (Å²) in [5.41, 5.74) is 2.41. The first-order chi connectivity index (χ1) is 6.84. The van der Waals surface area contributed by atoms with Gasteiger partial charge in [0.05, 0.1) is 0 Å². The molecule has 0 spiro atoms. The first-order valence-corrected chi connectivity index (χ1v) is 5.10. The second-order valence-corrected chi connectivity index (χ2v) is 3.38. The average Bonchev–Trinajstić information content (AvgIpc) is 2.20. The molecule has 0 atom stereocenters. The van der Waals surface area contributed by atoms with E-state index in [-0.39, 0.29) is 0 Å². The van der Waals surface area contributed by atoms with Gasteiger partial charge in [0, 0.05) is 18.4 Å². The van der Waals surface area contributed by atoms with E-state index in [1.54, 1.807) is 0 Å². The van der Waals surface area contributed by atoms with Gasteiger partial charge in [0.15, 0.2) is 0 Å². The van der Waals surface area contributed by atoms with Crippen LogP contribution < -0.4 is 10.6 Å². The molecular weight excluding hydrogens is 174 g/mol. The molecule has 14 heavy (non-hydrogen) atoms. The molecule has 3 nitrogen and oxygen atoms in total. The van der Waals surface area contributed by atoms with Crippen LogP contribution in [0.5, 0.6) is 0 Å². The van der Waals surface area contributed by atoms with Crippen LogP contribution in [0, 0.1) is 6.92 Å². The van der Waals surface area contributed by atoms with Gasteiger partial charge in [-0.2, -0.15) is 0 Å². The van der Waals surface area contributed by atoms with Crippen LogP contribution in [0.15, 0.2) is 18.3 Å². The van der Waals surface area contributed by atoms with Crippen LogP contribution >= 0.6 is 0 Å². The highest BCUT2D eigenvalue weighted by atomic mass is 14.9. The second kappa shape index (κ2) is 6.51. The Hall–Kier alpha value is -0.930. The van der Waals surface area contributed by atoms with E-state index in [1.165, 1.54) is 5.56 Å². The predicted octanol–water partition coefficient (Wildman–Crippen LogP) is 1.09. The van der Waals surface area contributed by atoms with E-state index in [9.17, 15) is 0 Å². The first kappa shape index (κ1) is 11.1. The summed E-state index contributed by atoms with van der Waals surface area (Å²) >= 11 is 0. The summed E-state index contributed by atoms with van der Waals surface area (Å²) in [5, 5.41) is 6.52. The molecule has 0 aliphatic rings. The van der Waals surface area contributed by atoms with Crippen LogP contribution in [0.2, 0.25) is 0 Å². The number of nitrogens with one attached hydrogen (secondary N) is 2. The monoisotopic (exact) mass is 193 g/mol. The maximum atomic E-state index is 4.24. The third-order valence-electron chi connectivity index (χ3n) is 2.21. The van der Waals surface area contributed by atoms with E-state index < -0.39 is 0 Å². The van der Waals surface area contributed by atoms with Gasteiger partial charge in [-0.25, -0.2) is 0 Å².